The first-order valence-corrected chi connectivity index (χ1v) is 22.0. The molecule has 0 radical (unpaired) electrons. The molecule has 2 nitrogen and oxygen atoms in total. The van der Waals surface area contributed by atoms with Crippen molar-refractivity contribution in [3.63, 3.8) is 0 Å². The summed E-state index contributed by atoms with van der Waals surface area (Å²) in [5.41, 5.74) is 20.4. The van der Waals surface area contributed by atoms with Crippen LogP contribution in [0.5, 0.6) is 0 Å². The minimum Gasteiger partial charge on any atom is -0.310 e. The summed E-state index contributed by atoms with van der Waals surface area (Å²) in [7, 11) is 0. The molecule has 2 aliphatic carbocycles. The van der Waals surface area contributed by atoms with Crippen LogP contribution in [0.2, 0.25) is 0 Å². The standard InChI is InChI=1S/C59H52N2/c1-57(2)34-35-58(3,4)52-38-43(31-33-50(52)57)61-54-28-15-12-24-48(54)56-45(25-17-29-55(56)61)40-20-16-21-41(36-40)60(53-27-14-11-22-44(53)39-18-8-7-9-19-39)42-30-32-47-46-23-10-13-26-49(46)59(5,6)51(47)37-42/h7-33,36-38H,34-35H2,1-6H3. The van der Waals surface area contributed by atoms with Crippen LogP contribution in [-0.4, -0.2) is 4.57 Å². The van der Waals surface area contributed by atoms with Crippen LogP contribution in [0.25, 0.3) is 60.9 Å². The third-order valence-electron chi connectivity index (χ3n) is 14.3. The number of hydrogen-bond donors (Lipinski definition) is 0. The molecule has 2 heteroatoms. The Morgan fingerprint density at radius 2 is 1.03 bits per heavy atom. The van der Waals surface area contributed by atoms with Gasteiger partial charge >= 0.3 is 0 Å². The van der Waals surface area contributed by atoms with Gasteiger partial charge in [-0.3, -0.25) is 0 Å². The maximum atomic E-state index is 2.50. The van der Waals surface area contributed by atoms with E-state index in [2.05, 4.69) is 233 Å². The summed E-state index contributed by atoms with van der Waals surface area (Å²) in [6.07, 6.45) is 2.39. The summed E-state index contributed by atoms with van der Waals surface area (Å²) < 4.78 is 2.50. The Morgan fingerprint density at radius 3 is 1.87 bits per heavy atom. The Morgan fingerprint density at radius 1 is 0.410 bits per heavy atom. The van der Waals surface area contributed by atoms with Gasteiger partial charge in [0.25, 0.3) is 0 Å². The van der Waals surface area contributed by atoms with Crippen LogP contribution in [-0.2, 0) is 16.2 Å². The normalized spacial score (nSPS) is 15.6. The zero-order valence-electron chi connectivity index (χ0n) is 36.1. The average molecular weight is 789 g/mol. The fourth-order valence-corrected chi connectivity index (χ4v) is 10.9. The van der Waals surface area contributed by atoms with Gasteiger partial charge in [0.05, 0.1) is 16.7 Å². The molecule has 8 aromatic carbocycles. The first-order chi connectivity index (χ1) is 29.5. The van der Waals surface area contributed by atoms with Crippen LogP contribution in [0.15, 0.2) is 182 Å². The van der Waals surface area contributed by atoms with E-state index in [9.17, 15) is 0 Å². The van der Waals surface area contributed by atoms with E-state index < -0.39 is 0 Å². The van der Waals surface area contributed by atoms with Crippen molar-refractivity contribution in [2.45, 2.75) is 70.6 Å². The lowest BCUT2D eigenvalue weighted by Crippen LogP contribution is -2.33. The lowest BCUT2D eigenvalue weighted by atomic mass is 9.63. The molecule has 0 aliphatic heterocycles. The second-order valence-corrected chi connectivity index (χ2v) is 19.2. The topological polar surface area (TPSA) is 8.17 Å². The molecular formula is C59H52N2. The molecule has 1 heterocycles. The van der Waals surface area contributed by atoms with Crippen molar-refractivity contribution < 1.29 is 0 Å². The number of rotatable bonds is 6. The maximum absolute atomic E-state index is 2.50. The highest BCUT2D eigenvalue weighted by Crippen LogP contribution is 2.52. The summed E-state index contributed by atoms with van der Waals surface area (Å²) in [5.74, 6) is 0. The van der Waals surface area contributed by atoms with E-state index in [0.717, 1.165) is 17.1 Å². The first-order valence-electron chi connectivity index (χ1n) is 22.0. The third-order valence-corrected chi connectivity index (χ3v) is 14.3. The molecule has 0 spiro atoms. The molecule has 0 saturated heterocycles. The van der Waals surface area contributed by atoms with Gasteiger partial charge in [0.15, 0.2) is 0 Å². The van der Waals surface area contributed by atoms with Crippen LogP contribution in [0.4, 0.5) is 17.1 Å². The lowest BCUT2D eigenvalue weighted by Gasteiger charge is -2.42. The molecule has 0 N–H and O–H groups in total. The summed E-state index contributed by atoms with van der Waals surface area (Å²) in [6.45, 7) is 14.4. The minimum atomic E-state index is -0.123. The molecule has 1 aromatic heterocycles. The van der Waals surface area contributed by atoms with E-state index in [4.69, 9.17) is 0 Å². The molecule has 298 valence electrons. The van der Waals surface area contributed by atoms with E-state index in [1.807, 2.05) is 0 Å². The van der Waals surface area contributed by atoms with Gasteiger partial charge in [0.1, 0.15) is 0 Å². The average Bonchev–Trinajstić information content (AvgIpc) is 3.74. The van der Waals surface area contributed by atoms with Gasteiger partial charge in [0.2, 0.25) is 0 Å². The SMILES string of the molecule is CC1(C)CCC(C)(C)c2cc(-n3c4ccccc4c4c(-c5cccc(N(c6ccc7c(c6)C(C)(C)c6ccccc6-7)c6ccccc6-c6ccccc6)c5)cccc43)ccc21. The molecule has 0 bridgehead atoms. The summed E-state index contributed by atoms with van der Waals surface area (Å²) in [6, 6.07) is 68.0. The second kappa shape index (κ2) is 13.7. The third kappa shape index (κ3) is 5.83. The first kappa shape index (κ1) is 37.4. The second-order valence-electron chi connectivity index (χ2n) is 19.2. The van der Waals surface area contributed by atoms with Gasteiger partial charge in [0, 0.05) is 38.8 Å². The van der Waals surface area contributed by atoms with Gasteiger partial charge in [-0.25, -0.2) is 0 Å². The summed E-state index contributed by atoms with van der Waals surface area (Å²) in [4.78, 5) is 2.48. The number of aromatic nitrogens is 1. The molecule has 11 rings (SSSR count). The number of fused-ring (bicyclic) bond motifs is 7. The predicted octanol–water partition coefficient (Wildman–Crippen LogP) is 16.2. The Balaban J connectivity index is 1.11. The number of para-hydroxylation sites is 2. The van der Waals surface area contributed by atoms with E-state index >= 15 is 0 Å². The highest BCUT2D eigenvalue weighted by molar-refractivity contribution is 6.16. The molecule has 0 amide bonds. The quantitative estimate of drug-likeness (QED) is 0.163. The van der Waals surface area contributed by atoms with Crippen molar-refractivity contribution in [1.29, 1.82) is 0 Å². The van der Waals surface area contributed by atoms with E-state index in [0.29, 0.717) is 0 Å². The van der Waals surface area contributed by atoms with Crippen LogP contribution in [0.3, 0.4) is 0 Å². The Labute approximate surface area is 360 Å². The van der Waals surface area contributed by atoms with Crippen LogP contribution < -0.4 is 4.90 Å². The molecule has 0 fully saturated rings. The Bertz CT molecular complexity index is 3180. The van der Waals surface area contributed by atoms with Crippen LogP contribution in [0, 0.1) is 0 Å². The van der Waals surface area contributed by atoms with Gasteiger partial charge in [-0.15, -0.1) is 0 Å². The lowest BCUT2D eigenvalue weighted by molar-refractivity contribution is 0.332. The van der Waals surface area contributed by atoms with Crippen LogP contribution in [0.1, 0.15) is 76.6 Å². The smallest absolute Gasteiger partial charge is 0.0547 e. The van der Waals surface area contributed by atoms with E-state index in [-0.39, 0.29) is 16.2 Å². The fourth-order valence-electron chi connectivity index (χ4n) is 10.9. The highest BCUT2D eigenvalue weighted by Gasteiger charge is 2.38. The van der Waals surface area contributed by atoms with E-state index in [1.54, 1.807) is 0 Å². The van der Waals surface area contributed by atoms with Crippen molar-refractivity contribution in [2.75, 3.05) is 4.90 Å². The van der Waals surface area contributed by atoms with Crippen molar-refractivity contribution in [3.8, 4) is 39.1 Å². The zero-order chi connectivity index (χ0) is 41.7. The molecule has 0 unspecified atom stereocenters. The molecule has 0 atom stereocenters. The Kier molecular flexibility index (Phi) is 8.39. The highest BCUT2D eigenvalue weighted by atomic mass is 15.1. The van der Waals surface area contributed by atoms with Gasteiger partial charge < -0.3 is 9.47 Å². The number of hydrogen-bond acceptors (Lipinski definition) is 1. The molecular weight excluding hydrogens is 737 g/mol. The minimum absolute atomic E-state index is 0.120. The summed E-state index contributed by atoms with van der Waals surface area (Å²) in [5, 5.41) is 2.54. The van der Waals surface area contributed by atoms with Crippen LogP contribution >= 0.6 is 0 Å². The number of nitrogens with zero attached hydrogens (tertiary/aromatic N) is 2. The molecule has 61 heavy (non-hydrogen) atoms. The fraction of sp³-hybridized carbons (Fsp3) is 0.186. The Hall–Kier alpha value is -6.64. The maximum Gasteiger partial charge on any atom is 0.0547 e. The molecule has 2 aliphatic rings. The summed E-state index contributed by atoms with van der Waals surface area (Å²) >= 11 is 0. The predicted molar refractivity (Wildman–Crippen MR) is 259 cm³/mol. The number of anilines is 3. The van der Waals surface area contributed by atoms with Crippen molar-refractivity contribution in [3.05, 3.63) is 204 Å². The van der Waals surface area contributed by atoms with Crippen molar-refractivity contribution in [1.82, 2.24) is 4.57 Å². The monoisotopic (exact) mass is 788 g/mol. The van der Waals surface area contributed by atoms with Gasteiger partial charge in [-0.05, 0) is 128 Å². The van der Waals surface area contributed by atoms with Crippen molar-refractivity contribution in [2.24, 2.45) is 0 Å². The largest absolute Gasteiger partial charge is 0.310 e. The van der Waals surface area contributed by atoms with Gasteiger partial charge in [-0.1, -0.05) is 169 Å². The molecule has 9 aromatic rings. The molecule has 0 saturated carbocycles. The number of benzene rings is 8. The zero-order valence-corrected chi connectivity index (χ0v) is 36.1. The van der Waals surface area contributed by atoms with Crippen molar-refractivity contribution >= 4 is 38.9 Å². The van der Waals surface area contributed by atoms with E-state index in [1.165, 1.54) is 96.0 Å². The van der Waals surface area contributed by atoms with Gasteiger partial charge in [-0.2, -0.15) is 0 Å².